The molecule has 0 bridgehead atoms. The van der Waals surface area contributed by atoms with Gasteiger partial charge in [0.05, 0.1) is 34.1 Å². The smallest absolute Gasteiger partial charge is 0.251 e. The van der Waals surface area contributed by atoms with Crippen LogP contribution in [-0.4, -0.2) is 61.1 Å². The largest absolute Gasteiger partial charge is 0.493 e. The van der Waals surface area contributed by atoms with Crippen molar-refractivity contribution in [2.24, 2.45) is 0 Å². The van der Waals surface area contributed by atoms with Gasteiger partial charge in [0.25, 0.3) is 5.91 Å². The summed E-state index contributed by atoms with van der Waals surface area (Å²) in [6.45, 7) is 0.432. The van der Waals surface area contributed by atoms with Crippen LogP contribution in [0.3, 0.4) is 0 Å². The quantitative estimate of drug-likeness (QED) is 0.361. The number of benzene rings is 3. The second-order valence-electron chi connectivity index (χ2n) is 7.76. The fourth-order valence-corrected chi connectivity index (χ4v) is 3.88. The highest BCUT2D eigenvalue weighted by Gasteiger charge is 2.16. The number of rotatable bonds is 10. The third-order valence-electron chi connectivity index (χ3n) is 5.65. The maximum atomic E-state index is 13.2. The second-order valence-corrected chi connectivity index (χ2v) is 7.76. The molecule has 186 valence electrons. The lowest BCUT2D eigenvalue weighted by atomic mass is 10.00. The number of nitrogens with one attached hydrogen (secondary N) is 1. The molecule has 0 fully saturated rings. The summed E-state index contributed by atoms with van der Waals surface area (Å²) in [7, 11) is 6.34. The van der Waals surface area contributed by atoms with Gasteiger partial charge in [0.1, 0.15) is 6.33 Å². The third kappa shape index (κ3) is 5.22. The van der Waals surface area contributed by atoms with Crippen molar-refractivity contribution in [3.63, 3.8) is 0 Å². The number of nitrogens with zero attached hydrogens (tertiary/aromatic N) is 4. The first-order valence-corrected chi connectivity index (χ1v) is 11.2. The molecule has 3 aromatic carbocycles. The van der Waals surface area contributed by atoms with Crippen LogP contribution < -0.4 is 24.3 Å². The lowest BCUT2D eigenvalue weighted by molar-refractivity contribution is 0.0954. The van der Waals surface area contributed by atoms with E-state index in [2.05, 4.69) is 20.8 Å². The van der Waals surface area contributed by atoms with Crippen molar-refractivity contribution in [2.45, 2.75) is 6.42 Å². The lowest BCUT2D eigenvalue weighted by Gasteiger charge is -2.15. The number of ether oxygens (including phenoxy) is 4. The molecular formula is C26H27N5O5. The minimum absolute atomic E-state index is 0.228. The van der Waals surface area contributed by atoms with Gasteiger partial charge < -0.3 is 24.3 Å². The van der Waals surface area contributed by atoms with E-state index in [1.165, 1.54) is 11.0 Å². The van der Waals surface area contributed by atoms with E-state index >= 15 is 0 Å². The van der Waals surface area contributed by atoms with Gasteiger partial charge in [0.2, 0.25) is 0 Å². The summed E-state index contributed by atoms with van der Waals surface area (Å²) in [4.78, 5) is 13.2. The molecular weight excluding hydrogens is 462 g/mol. The normalized spacial score (nSPS) is 10.6. The average molecular weight is 490 g/mol. The van der Waals surface area contributed by atoms with Crippen molar-refractivity contribution in [2.75, 3.05) is 35.0 Å². The van der Waals surface area contributed by atoms with E-state index in [0.29, 0.717) is 47.2 Å². The monoisotopic (exact) mass is 489 g/mol. The zero-order valence-corrected chi connectivity index (χ0v) is 20.5. The number of aromatic nitrogens is 4. The Balaban J connectivity index is 1.61. The molecule has 0 atom stereocenters. The van der Waals surface area contributed by atoms with Crippen molar-refractivity contribution in [1.82, 2.24) is 25.5 Å². The molecule has 0 spiro atoms. The molecule has 10 nitrogen and oxygen atoms in total. The average Bonchev–Trinajstić information content (AvgIpc) is 3.47. The Morgan fingerprint density at radius 1 is 0.889 bits per heavy atom. The molecule has 4 rings (SSSR count). The van der Waals surface area contributed by atoms with Crippen LogP contribution in [-0.2, 0) is 6.42 Å². The van der Waals surface area contributed by atoms with E-state index < -0.39 is 0 Å². The first-order chi connectivity index (χ1) is 17.6. The number of carbonyl (C=O) groups excluding carboxylic acids is 1. The molecule has 0 saturated heterocycles. The van der Waals surface area contributed by atoms with Crippen LogP contribution in [0, 0.1) is 0 Å². The van der Waals surface area contributed by atoms with Crippen molar-refractivity contribution in [3.05, 3.63) is 72.1 Å². The van der Waals surface area contributed by atoms with Gasteiger partial charge in [-0.3, -0.25) is 4.79 Å². The Morgan fingerprint density at radius 2 is 1.69 bits per heavy atom. The van der Waals surface area contributed by atoms with Gasteiger partial charge in [-0.05, 0) is 64.4 Å². The summed E-state index contributed by atoms with van der Waals surface area (Å²) in [5, 5.41) is 14.4. The molecule has 10 heteroatoms. The number of methoxy groups -OCH3 is 4. The van der Waals surface area contributed by atoms with Gasteiger partial charge in [-0.25, -0.2) is 4.68 Å². The molecule has 0 unspecified atom stereocenters. The SMILES string of the molecule is COc1ccc(CCNC(=O)c2cc(-c3cccc(OC)c3OC)cc(-n3cnnn3)c2)cc1OC. The number of para-hydroxylation sites is 1. The number of hydrogen-bond donors (Lipinski definition) is 1. The van der Waals surface area contributed by atoms with Crippen LogP contribution in [0.5, 0.6) is 23.0 Å². The fraction of sp³-hybridized carbons (Fsp3) is 0.231. The van der Waals surface area contributed by atoms with Gasteiger partial charge >= 0.3 is 0 Å². The fourth-order valence-electron chi connectivity index (χ4n) is 3.88. The van der Waals surface area contributed by atoms with Gasteiger partial charge in [-0.2, -0.15) is 0 Å². The molecule has 1 amide bonds. The molecule has 36 heavy (non-hydrogen) atoms. The molecule has 1 heterocycles. The Bertz CT molecular complexity index is 1340. The summed E-state index contributed by atoms with van der Waals surface area (Å²) in [5.41, 5.74) is 3.62. The first kappa shape index (κ1) is 24.5. The first-order valence-electron chi connectivity index (χ1n) is 11.2. The summed E-state index contributed by atoms with van der Waals surface area (Å²) >= 11 is 0. The van der Waals surface area contributed by atoms with Crippen molar-refractivity contribution in [3.8, 4) is 39.8 Å². The predicted molar refractivity (Wildman–Crippen MR) is 133 cm³/mol. The Morgan fingerprint density at radius 3 is 2.39 bits per heavy atom. The second kappa shape index (κ2) is 11.2. The summed E-state index contributed by atoms with van der Waals surface area (Å²) in [6, 6.07) is 16.7. The number of amides is 1. The van der Waals surface area contributed by atoms with Crippen molar-refractivity contribution >= 4 is 5.91 Å². The molecule has 1 aromatic heterocycles. The highest BCUT2D eigenvalue weighted by Crippen LogP contribution is 2.38. The predicted octanol–water partition coefficient (Wildman–Crippen LogP) is 3.34. The van der Waals surface area contributed by atoms with E-state index in [9.17, 15) is 4.79 Å². The van der Waals surface area contributed by atoms with E-state index in [1.54, 1.807) is 40.6 Å². The Hall–Kier alpha value is -4.60. The standard InChI is InChI=1S/C26H27N5O5/c1-33-22-9-8-17(12-24(22)35-3)10-11-27-26(32)19-13-18(14-20(15-19)31-16-28-29-30-31)21-6-5-7-23(34-2)25(21)36-4/h5-9,12-16H,10-11H2,1-4H3,(H,27,32). The molecule has 4 aromatic rings. The maximum Gasteiger partial charge on any atom is 0.251 e. The van der Waals surface area contributed by atoms with Crippen LogP contribution in [0.25, 0.3) is 16.8 Å². The van der Waals surface area contributed by atoms with E-state index in [-0.39, 0.29) is 5.91 Å². The highest BCUT2D eigenvalue weighted by atomic mass is 16.5. The van der Waals surface area contributed by atoms with E-state index in [4.69, 9.17) is 18.9 Å². The zero-order chi connectivity index (χ0) is 25.5. The number of tetrazole rings is 1. The van der Waals surface area contributed by atoms with E-state index in [0.717, 1.165) is 16.7 Å². The molecule has 0 aliphatic carbocycles. The van der Waals surface area contributed by atoms with Crippen molar-refractivity contribution in [1.29, 1.82) is 0 Å². The van der Waals surface area contributed by atoms with Gasteiger partial charge in [0.15, 0.2) is 23.0 Å². The van der Waals surface area contributed by atoms with Crippen LogP contribution >= 0.6 is 0 Å². The maximum absolute atomic E-state index is 13.2. The van der Waals surface area contributed by atoms with Crippen LogP contribution in [0.4, 0.5) is 0 Å². The molecule has 1 N–H and O–H groups in total. The van der Waals surface area contributed by atoms with Crippen LogP contribution in [0.15, 0.2) is 60.9 Å². The third-order valence-corrected chi connectivity index (χ3v) is 5.65. The zero-order valence-electron chi connectivity index (χ0n) is 20.5. The molecule has 0 aliphatic heterocycles. The Labute approximate surface area is 208 Å². The molecule has 0 radical (unpaired) electrons. The minimum Gasteiger partial charge on any atom is -0.493 e. The van der Waals surface area contributed by atoms with Crippen LogP contribution in [0.2, 0.25) is 0 Å². The van der Waals surface area contributed by atoms with Crippen LogP contribution in [0.1, 0.15) is 15.9 Å². The van der Waals surface area contributed by atoms with Crippen molar-refractivity contribution < 1.29 is 23.7 Å². The molecule has 0 saturated carbocycles. The Kier molecular flexibility index (Phi) is 7.64. The topological polar surface area (TPSA) is 110 Å². The minimum atomic E-state index is -0.228. The van der Waals surface area contributed by atoms with Gasteiger partial charge in [-0.15, -0.1) is 5.10 Å². The molecule has 0 aliphatic rings. The number of hydrogen-bond acceptors (Lipinski definition) is 8. The summed E-state index contributed by atoms with van der Waals surface area (Å²) in [5.74, 6) is 2.23. The number of carbonyl (C=O) groups is 1. The van der Waals surface area contributed by atoms with E-state index in [1.807, 2.05) is 42.5 Å². The lowest BCUT2D eigenvalue weighted by Crippen LogP contribution is -2.26. The summed E-state index contributed by atoms with van der Waals surface area (Å²) < 4.78 is 23.2. The van der Waals surface area contributed by atoms with Gasteiger partial charge in [-0.1, -0.05) is 18.2 Å². The highest BCUT2D eigenvalue weighted by molar-refractivity contribution is 5.96. The van der Waals surface area contributed by atoms with Gasteiger partial charge in [0, 0.05) is 17.7 Å². The summed E-state index contributed by atoms with van der Waals surface area (Å²) in [6.07, 6.45) is 2.09.